The Hall–Kier alpha value is -2.69. The van der Waals surface area contributed by atoms with Gasteiger partial charge in [-0.3, -0.25) is 19.3 Å². The topological polar surface area (TPSA) is 66.5 Å². The number of allylic oxidation sites excluding steroid dienone is 1. The molecule has 1 heterocycles. The minimum Gasteiger partial charge on any atom is -0.374 e. The summed E-state index contributed by atoms with van der Waals surface area (Å²) in [6, 6.07) is 9.30. The first-order valence-corrected chi connectivity index (χ1v) is 6.54. The molecule has 1 atom stereocenters. The van der Waals surface area contributed by atoms with Crippen molar-refractivity contribution in [3.05, 3.63) is 60.3 Å². The zero-order valence-electron chi connectivity index (χ0n) is 11.7. The van der Waals surface area contributed by atoms with Gasteiger partial charge < -0.3 is 5.32 Å². The van der Waals surface area contributed by atoms with Crippen LogP contribution in [0.5, 0.6) is 0 Å². The summed E-state index contributed by atoms with van der Waals surface area (Å²) in [6.07, 6.45) is 6.14. The molecule has 0 fully saturated rings. The van der Waals surface area contributed by atoms with E-state index < -0.39 is 5.54 Å². The second-order valence-electron chi connectivity index (χ2n) is 4.89. The van der Waals surface area contributed by atoms with E-state index in [1.165, 1.54) is 29.3 Å². The van der Waals surface area contributed by atoms with Gasteiger partial charge in [-0.25, -0.2) is 0 Å². The first kappa shape index (κ1) is 14.7. The van der Waals surface area contributed by atoms with Crippen molar-refractivity contribution in [1.29, 1.82) is 0 Å². The number of hydrogen-bond donors (Lipinski definition) is 1. The molecule has 5 nitrogen and oxygen atoms in total. The number of aldehydes is 1. The number of nitrogens with zero attached hydrogens (tertiary/aromatic N) is 1. The van der Waals surface area contributed by atoms with Crippen molar-refractivity contribution in [1.82, 2.24) is 10.2 Å². The average Bonchev–Trinajstić information content (AvgIpc) is 2.50. The fourth-order valence-electron chi connectivity index (χ4n) is 2.07. The Balaban J connectivity index is 2.21. The molecule has 108 valence electrons. The van der Waals surface area contributed by atoms with Gasteiger partial charge in [0.15, 0.2) is 0 Å². The molecule has 0 aliphatic carbocycles. The summed E-state index contributed by atoms with van der Waals surface area (Å²) in [5.74, 6) is -0.697. The maximum atomic E-state index is 12.5. The van der Waals surface area contributed by atoms with E-state index in [-0.39, 0.29) is 18.4 Å². The fraction of sp³-hybridized carbons (Fsp3) is 0.188. The van der Waals surface area contributed by atoms with E-state index in [1.807, 2.05) is 30.3 Å². The highest BCUT2D eigenvalue weighted by Crippen LogP contribution is 2.19. The van der Waals surface area contributed by atoms with Crippen molar-refractivity contribution >= 4 is 18.1 Å². The summed E-state index contributed by atoms with van der Waals surface area (Å²) < 4.78 is 0. The monoisotopic (exact) mass is 284 g/mol. The maximum absolute atomic E-state index is 12.5. The number of imide groups is 1. The Morgan fingerprint density at radius 2 is 1.95 bits per heavy atom. The normalized spacial score (nSPS) is 21.9. The van der Waals surface area contributed by atoms with Gasteiger partial charge in [0.1, 0.15) is 11.8 Å². The van der Waals surface area contributed by atoms with Crippen molar-refractivity contribution < 1.29 is 14.4 Å². The molecule has 0 saturated carbocycles. The number of amides is 2. The van der Waals surface area contributed by atoms with Gasteiger partial charge in [0.05, 0.1) is 6.54 Å². The molecule has 1 unspecified atom stereocenters. The Morgan fingerprint density at radius 3 is 2.62 bits per heavy atom. The van der Waals surface area contributed by atoms with Crippen molar-refractivity contribution in [2.45, 2.75) is 19.0 Å². The SMILES string of the molecule is CC1(N/C=C/C=O)C=CC(=O)N(Cc2ccccc2)C1=O. The van der Waals surface area contributed by atoms with E-state index in [2.05, 4.69) is 5.32 Å². The highest BCUT2D eigenvalue weighted by atomic mass is 16.2. The van der Waals surface area contributed by atoms with Crippen LogP contribution < -0.4 is 5.32 Å². The largest absolute Gasteiger partial charge is 0.374 e. The third-order valence-corrected chi connectivity index (χ3v) is 3.26. The van der Waals surface area contributed by atoms with Crippen LogP contribution in [0.4, 0.5) is 0 Å². The van der Waals surface area contributed by atoms with E-state index >= 15 is 0 Å². The summed E-state index contributed by atoms with van der Waals surface area (Å²) in [5, 5.41) is 2.84. The van der Waals surface area contributed by atoms with Crippen LogP contribution in [0.3, 0.4) is 0 Å². The molecule has 0 aromatic heterocycles. The van der Waals surface area contributed by atoms with Gasteiger partial charge in [-0.15, -0.1) is 0 Å². The standard InChI is InChI=1S/C16H16N2O3/c1-16(17-10-5-11-19)9-8-14(20)18(15(16)21)12-13-6-3-2-4-7-13/h2-11,17H,12H2,1H3/b10-5+. The van der Waals surface area contributed by atoms with E-state index in [0.717, 1.165) is 5.56 Å². The summed E-state index contributed by atoms with van der Waals surface area (Å²) in [5.41, 5.74) is -0.164. The lowest BCUT2D eigenvalue weighted by atomic mass is 9.96. The van der Waals surface area contributed by atoms with Crippen LogP contribution >= 0.6 is 0 Å². The molecule has 0 spiro atoms. The van der Waals surface area contributed by atoms with Gasteiger partial charge in [-0.2, -0.15) is 0 Å². The third-order valence-electron chi connectivity index (χ3n) is 3.26. The summed E-state index contributed by atoms with van der Waals surface area (Å²) >= 11 is 0. The van der Waals surface area contributed by atoms with Crippen molar-refractivity contribution in [3.63, 3.8) is 0 Å². The lowest BCUT2D eigenvalue weighted by molar-refractivity contribution is -0.147. The van der Waals surface area contributed by atoms with E-state index in [0.29, 0.717) is 6.29 Å². The highest BCUT2D eigenvalue weighted by Gasteiger charge is 2.39. The van der Waals surface area contributed by atoms with Gasteiger partial charge in [0.25, 0.3) is 11.8 Å². The first-order valence-electron chi connectivity index (χ1n) is 6.54. The Labute approximate surface area is 122 Å². The summed E-state index contributed by atoms with van der Waals surface area (Å²) in [4.78, 5) is 36.0. The van der Waals surface area contributed by atoms with Crippen molar-refractivity contribution in [2.75, 3.05) is 0 Å². The smallest absolute Gasteiger partial charge is 0.259 e. The minimum absolute atomic E-state index is 0.220. The van der Waals surface area contributed by atoms with Gasteiger partial charge in [-0.1, -0.05) is 30.3 Å². The molecule has 2 amide bonds. The Bertz CT molecular complexity index is 607. The first-order chi connectivity index (χ1) is 10.1. The predicted octanol–water partition coefficient (Wildman–Crippen LogP) is 1.17. The quantitative estimate of drug-likeness (QED) is 0.501. The number of nitrogens with one attached hydrogen (secondary N) is 1. The van der Waals surface area contributed by atoms with Crippen LogP contribution in [-0.2, 0) is 20.9 Å². The molecule has 0 bridgehead atoms. The fourth-order valence-corrected chi connectivity index (χ4v) is 2.07. The molecule has 1 N–H and O–H groups in total. The molecular weight excluding hydrogens is 268 g/mol. The number of carbonyl (C=O) groups excluding carboxylic acids is 3. The van der Waals surface area contributed by atoms with Crippen LogP contribution in [0.1, 0.15) is 12.5 Å². The number of carbonyl (C=O) groups is 3. The second kappa shape index (κ2) is 6.17. The zero-order chi connectivity index (χ0) is 15.3. The molecule has 1 aromatic carbocycles. The molecule has 1 aliphatic heterocycles. The van der Waals surface area contributed by atoms with Crippen LogP contribution in [0, 0.1) is 0 Å². The van der Waals surface area contributed by atoms with Gasteiger partial charge in [-0.05, 0) is 24.6 Å². The lowest BCUT2D eigenvalue weighted by Gasteiger charge is -2.34. The molecule has 0 saturated heterocycles. The van der Waals surface area contributed by atoms with Crippen LogP contribution in [0.25, 0.3) is 0 Å². The van der Waals surface area contributed by atoms with Crippen molar-refractivity contribution in [3.8, 4) is 0 Å². The Morgan fingerprint density at radius 1 is 1.24 bits per heavy atom. The predicted molar refractivity (Wildman–Crippen MR) is 77.9 cm³/mol. The summed E-state index contributed by atoms with van der Waals surface area (Å²) in [6.45, 7) is 1.88. The number of hydrogen-bond acceptors (Lipinski definition) is 4. The minimum atomic E-state index is -1.04. The van der Waals surface area contributed by atoms with E-state index in [1.54, 1.807) is 6.92 Å². The van der Waals surface area contributed by atoms with Gasteiger partial charge >= 0.3 is 0 Å². The number of rotatable bonds is 5. The molecule has 21 heavy (non-hydrogen) atoms. The van der Waals surface area contributed by atoms with Crippen LogP contribution in [0.2, 0.25) is 0 Å². The van der Waals surface area contributed by atoms with Gasteiger partial charge in [0, 0.05) is 12.3 Å². The molecular formula is C16H16N2O3. The van der Waals surface area contributed by atoms with Crippen LogP contribution in [-0.4, -0.2) is 28.5 Å². The molecule has 1 aliphatic rings. The molecule has 5 heteroatoms. The van der Waals surface area contributed by atoms with Crippen LogP contribution in [0.15, 0.2) is 54.8 Å². The second-order valence-corrected chi connectivity index (χ2v) is 4.89. The van der Waals surface area contributed by atoms with Crippen molar-refractivity contribution in [2.24, 2.45) is 0 Å². The number of benzene rings is 1. The molecule has 0 radical (unpaired) electrons. The Kier molecular flexibility index (Phi) is 4.33. The molecule has 2 rings (SSSR count). The lowest BCUT2D eigenvalue weighted by Crippen LogP contribution is -2.57. The highest BCUT2D eigenvalue weighted by molar-refractivity contribution is 6.08. The average molecular weight is 284 g/mol. The summed E-state index contributed by atoms with van der Waals surface area (Å²) in [7, 11) is 0. The zero-order valence-corrected chi connectivity index (χ0v) is 11.7. The van der Waals surface area contributed by atoms with E-state index in [4.69, 9.17) is 0 Å². The molecule has 1 aromatic rings. The maximum Gasteiger partial charge on any atom is 0.259 e. The van der Waals surface area contributed by atoms with E-state index in [9.17, 15) is 14.4 Å². The third kappa shape index (κ3) is 3.25. The van der Waals surface area contributed by atoms with Gasteiger partial charge in [0.2, 0.25) is 0 Å².